The lowest BCUT2D eigenvalue weighted by molar-refractivity contribution is -0.123. The van der Waals surface area contributed by atoms with E-state index >= 15 is 0 Å². The first kappa shape index (κ1) is 17.4. The monoisotopic (exact) mass is 310 g/mol. The molecule has 0 unspecified atom stereocenters. The largest absolute Gasteiger partial charge is 0.452 e. The molecule has 1 aromatic rings. The molecular weight excluding hydrogens is 292 g/mol. The number of hydrogen-bond acceptors (Lipinski definition) is 6. The summed E-state index contributed by atoms with van der Waals surface area (Å²) in [4.78, 5) is 45.8. The molecular formula is C14H18N2O6. The van der Waals surface area contributed by atoms with Gasteiger partial charge in [-0.2, -0.15) is 0 Å². The Morgan fingerprint density at radius 1 is 1.27 bits per heavy atom. The van der Waals surface area contributed by atoms with Gasteiger partial charge in [0.25, 0.3) is 5.91 Å². The summed E-state index contributed by atoms with van der Waals surface area (Å²) in [5.74, 6) is -1.47. The fourth-order valence-electron chi connectivity index (χ4n) is 1.73. The van der Waals surface area contributed by atoms with E-state index in [1.165, 1.54) is 6.92 Å². The highest BCUT2D eigenvalue weighted by Crippen LogP contribution is 2.12. The van der Waals surface area contributed by atoms with Crippen LogP contribution in [0.2, 0.25) is 0 Å². The van der Waals surface area contributed by atoms with Gasteiger partial charge in [0.2, 0.25) is 0 Å². The van der Waals surface area contributed by atoms with Crippen molar-refractivity contribution >= 4 is 17.9 Å². The molecule has 0 aliphatic carbocycles. The quantitative estimate of drug-likeness (QED) is 0.789. The fourth-order valence-corrected chi connectivity index (χ4v) is 1.73. The molecule has 22 heavy (non-hydrogen) atoms. The van der Waals surface area contributed by atoms with Gasteiger partial charge in [0, 0.05) is 12.1 Å². The molecule has 0 bridgehead atoms. The van der Waals surface area contributed by atoms with E-state index in [0.717, 1.165) is 6.07 Å². The number of ether oxygens (including phenoxy) is 1. The van der Waals surface area contributed by atoms with E-state index in [-0.39, 0.29) is 17.4 Å². The summed E-state index contributed by atoms with van der Waals surface area (Å²) in [7, 11) is 0. The number of esters is 1. The van der Waals surface area contributed by atoms with Gasteiger partial charge in [0.1, 0.15) is 11.3 Å². The number of imide groups is 1. The predicted octanol–water partition coefficient (Wildman–Crippen LogP) is 0.648. The minimum absolute atomic E-state index is 0.0824. The second kappa shape index (κ2) is 7.39. The second-order valence-corrected chi connectivity index (χ2v) is 4.93. The van der Waals surface area contributed by atoms with Crippen LogP contribution in [0.3, 0.4) is 0 Å². The zero-order valence-corrected chi connectivity index (χ0v) is 12.8. The lowest BCUT2D eigenvalue weighted by atomic mass is 10.1. The minimum atomic E-state index is -0.807. The maximum absolute atomic E-state index is 11.9. The predicted molar refractivity (Wildman–Crippen MR) is 76.5 cm³/mol. The summed E-state index contributed by atoms with van der Waals surface area (Å²) in [6.45, 7) is 5.85. The van der Waals surface area contributed by atoms with E-state index in [0.29, 0.717) is 5.56 Å². The molecule has 3 amide bonds. The summed E-state index contributed by atoms with van der Waals surface area (Å²) in [5.41, 5.74) is -0.106. The summed E-state index contributed by atoms with van der Waals surface area (Å²) in [5, 5.41) is 4.47. The van der Waals surface area contributed by atoms with Crippen LogP contribution in [0.5, 0.6) is 0 Å². The Morgan fingerprint density at radius 3 is 2.45 bits per heavy atom. The highest BCUT2D eigenvalue weighted by molar-refractivity contribution is 5.97. The SMILES string of the molecule is Cc1cc(=O)oc(C)c1C(=O)OCC(=O)NC(=O)NC(C)C. The molecule has 2 N–H and O–H groups in total. The molecule has 0 radical (unpaired) electrons. The van der Waals surface area contributed by atoms with Crippen LogP contribution in [-0.2, 0) is 9.53 Å². The molecule has 0 spiro atoms. The topological polar surface area (TPSA) is 115 Å². The van der Waals surface area contributed by atoms with Crippen LogP contribution in [0.4, 0.5) is 4.79 Å². The second-order valence-electron chi connectivity index (χ2n) is 4.93. The summed E-state index contributed by atoms with van der Waals surface area (Å²) in [6, 6.07) is 0.349. The van der Waals surface area contributed by atoms with E-state index in [2.05, 4.69) is 5.32 Å². The summed E-state index contributed by atoms with van der Waals surface area (Å²) >= 11 is 0. The van der Waals surface area contributed by atoms with Gasteiger partial charge >= 0.3 is 17.6 Å². The van der Waals surface area contributed by atoms with Crippen molar-refractivity contribution in [1.29, 1.82) is 0 Å². The van der Waals surface area contributed by atoms with Crippen LogP contribution >= 0.6 is 0 Å². The van der Waals surface area contributed by atoms with Gasteiger partial charge < -0.3 is 14.5 Å². The normalized spacial score (nSPS) is 10.2. The van der Waals surface area contributed by atoms with Crippen molar-refractivity contribution in [3.63, 3.8) is 0 Å². The number of amides is 3. The first-order valence-corrected chi connectivity index (χ1v) is 6.59. The number of aryl methyl sites for hydroxylation is 2. The standard InChI is InChI=1S/C14H18N2O6/c1-7(2)15-14(20)16-10(17)6-21-13(19)12-8(3)5-11(18)22-9(12)4/h5,7H,6H2,1-4H3,(H2,15,16,17,20). The van der Waals surface area contributed by atoms with Crippen molar-refractivity contribution in [3.8, 4) is 0 Å². The average molecular weight is 310 g/mol. The van der Waals surface area contributed by atoms with Crippen molar-refractivity contribution in [3.05, 3.63) is 33.4 Å². The third-order valence-electron chi connectivity index (χ3n) is 2.55. The van der Waals surface area contributed by atoms with Crippen LogP contribution in [0.15, 0.2) is 15.3 Å². The van der Waals surface area contributed by atoms with E-state index in [1.54, 1.807) is 20.8 Å². The summed E-state index contributed by atoms with van der Waals surface area (Å²) in [6.07, 6.45) is 0. The van der Waals surface area contributed by atoms with Crippen molar-refractivity contribution in [2.75, 3.05) is 6.61 Å². The lowest BCUT2D eigenvalue weighted by Crippen LogP contribution is -2.44. The molecule has 8 nitrogen and oxygen atoms in total. The smallest absolute Gasteiger partial charge is 0.342 e. The molecule has 0 aliphatic rings. The van der Waals surface area contributed by atoms with Crippen molar-refractivity contribution in [2.24, 2.45) is 0 Å². The molecule has 120 valence electrons. The molecule has 0 atom stereocenters. The maximum Gasteiger partial charge on any atom is 0.342 e. The van der Waals surface area contributed by atoms with Gasteiger partial charge in [0.15, 0.2) is 6.61 Å². The first-order chi connectivity index (χ1) is 10.2. The van der Waals surface area contributed by atoms with E-state index in [1.807, 2.05) is 5.32 Å². The highest BCUT2D eigenvalue weighted by Gasteiger charge is 2.18. The van der Waals surface area contributed by atoms with Crippen LogP contribution in [0, 0.1) is 13.8 Å². The molecule has 1 aromatic heterocycles. The Morgan fingerprint density at radius 2 is 1.91 bits per heavy atom. The maximum atomic E-state index is 11.9. The molecule has 0 aromatic carbocycles. The van der Waals surface area contributed by atoms with Gasteiger partial charge in [-0.05, 0) is 33.3 Å². The third kappa shape index (κ3) is 5.04. The molecule has 0 saturated carbocycles. The number of rotatable bonds is 4. The number of hydrogen-bond donors (Lipinski definition) is 2. The molecule has 8 heteroatoms. The number of nitrogens with one attached hydrogen (secondary N) is 2. The lowest BCUT2D eigenvalue weighted by Gasteiger charge is -2.10. The Balaban J connectivity index is 2.62. The minimum Gasteiger partial charge on any atom is -0.452 e. The molecule has 0 aliphatic heterocycles. The van der Waals surface area contributed by atoms with E-state index in [9.17, 15) is 19.2 Å². The number of carbonyl (C=O) groups excluding carboxylic acids is 3. The Bertz CT molecular complexity index is 621. The molecule has 1 heterocycles. The van der Waals surface area contributed by atoms with Crippen LogP contribution in [0.25, 0.3) is 0 Å². The van der Waals surface area contributed by atoms with Gasteiger partial charge in [-0.3, -0.25) is 10.1 Å². The Labute approximate surface area is 126 Å². The Kier molecular flexibility index (Phi) is 5.85. The highest BCUT2D eigenvalue weighted by atomic mass is 16.5. The third-order valence-corrected chi connectivity index (χ3v) is 2.55. The van der Waals surface area contributed by atoms with Crippen LogP contribution < -0.4 is 16.3 Å². The number of carbonyl (C=O) groups is 3. The summed E-state index contributed by atoms with van der Waals surface area (Å²) < 4.78 is 9.61. The van der Waals surface area contributed by atoms with Crippen LogP contribution in [0.1, 0.15) is 35.5 Å². The van der Waals surface area contributed by atoms with Crippen LogP contribution in [-0.4, -0.2) is 30.6 Å². The Hall–Kier alpha value is -2.64. The van der Waals surface area contributed by atoms with Crippen molar-refractivity contribution in [1.82, 2.24) is 10.6 Å². The van der Waals surface area contributed by atoms with Gasteiger partial charge in [-0.15, -0.1) is 0 Å². The first-order valence-electron chi connectivity index (χ1n) is 6.59. The van der Waals surface area contributed by atoms with Gasteiger partial charge in [-0.1, -0.05) is 0 Å². The van der Waals surface area contributed by atoms with E-state index in [4.69, 9.17) is 9.15 Å². The van der Waals surface area contributed by atoms with Gasteiger partial charge in [-0.25, -0.2) is 14.4 Å². The van der Waals surface area contributed by atoms with Crippen molar-refractivity contribution in [2.45, 2.75) is 33.7 Å². The van der Waals surface area contributed by atoms with Crippen molar-refractivity contribution < 1.29 is 23.5 Å². The average Bonchev–Trinajstić information content (AvgIpc) is 2.33. The fraction of sp³-hybridized carbons (Fsp3) is 0.429. The molecule has 1 rings (SSSR count). The zero-order chi connectivity index (χ0) is 16.9. The van der Waals surface area contributed by atoms with Gasteiger partial charge in [0.05, 0.1) is 0 Å². The molecule has 0 fully saturated rings. The number of urea groups is 1. The zero-order valence-electron chi connectivity index (χ0n) is 12.8. The van der Waals surface area contributed by atoms with E-state index < -0.39 is 30.1 Å². The molecule has 0 saturated heterocycles.